The van der Waals surface area contributed by atoms with Crippen LogP contribution in [0.15, 0.2) is 29.3 Å². The van der Waals surface area contributed by atoms with Gasteiger partial charge >= 0.3 is 0 Å². The summed E-state index contributed by atoms with van der Waals surface area (Å²) in [5, 5.41) is 3.07. The van der Waals surface area contributed by atoms with Crippen molar-refractivity contribution in [1.82, 2.24) is 10.2 Å². The topological polar surface area (TPSA) is 53.6 Å². The summed E-state index contributed by atoms with van der Waals surface area (Å²) in [6, 6.07) is 8.79. The molecule has 0 fully saturated rings. The normalized spacial score (nSPS) is 12.2. The lowest BCUT2D eigenvalue weighted by Crippen LogP contribution is -2.36. The van der Waals surface area contributed by atoms with Gasteiger partial charge in [0.25, 0.3) is 0 Å². The first kappa shape index (κ1) is 14.5. The summed E-state index contributed by atoms with van der Waals surface area (Å²) in [4.78, 5) is 6.45. The van der Waals surface area contributed by atoms with Gasteiger partial charge in [-0.05, 0) is 39.1 Å². The molecule has 0 heterocycles. The third kappa shape index (κ3) is 5.68. The Morgan fingerprint density at radius 3 is 2.28 bits per heavy atom. The molecule has 1 aromatic rings. The minimum Gasteiger partial charge on any atom is -0.370 e. The van der Waals surface area contributed by atoms with Crippen LogP contribution in [0.4, 0.5) is 0 Å². The van der Waals surface area contributed by atoms with Crippen molar-refractivity contribution in [2.45, 2.75) is 33.0 Å². The van der Waals surface area contributed by atoms with Gasteiger partial charge in [0, 0.05) is 12.6 Å². The minimum absolute atomic E-state index is 0.316. The highest BCUT2D eigenvalue weighted by molar-refractivity contribution is 5.78. The lowest BCUT2D eigenvalue weighted by molar-refractivity contribution is 0.402. The molecule has 4 heteroatoms. The Bertz CT molecular complexity index is 379. The first-order valence-electron chi connectivity index (χ1n) is 6.26. The zero-order valence-corrected chi connectivity index (χ0v) is 11.8. The SMILES string of the molecule is CC(C)NC(N)=NCc1ccc(CN(C)C)cc1. The summed E-state index contributed by atoms with van der Waals surface area (Å²) in [5.41, 5.74) is 8.23. The molecule has 0 bridgehead atoms. The quantitative estimate of drug-likeness (QED) is 0.614. The Labute approximate surface area is 110 Å². The molecule has 18 heavy (non-hydrogen) atoms. The van der Waals surface area contributed by atoms with Crippen LogP contribution in [0, 0.1) is 0 Å². The van der Waals surface area contributed by atoms with Gasteiger partial charge in [-0.25, -0.2) is 4.99 Å². The van der Waals surface area contributed by atoms with Gasteiger partial charge in [0.05, 0.1) is 6.54 Å². The fourth-order valence-corrected chi connectivity index (χ4v) is 1.63. The molecule has 3 N–H and O–H groups in total. The van der Waals surface area contributed by atoms with Gasteiger partial charge in [-0.2, -0.15) is 0 Å². The van der Waals surface area contributed by atoms with E-state index in [1.165, 1.54) is 11.1 Å². The molecule has 4 nitrogen and oxygen atoms in total. The van der Waals surface area contributed by atoms with E-state index in [4.69, 9.17) is 5.73 Å². The van der Waals surface area contributed by atoms with Gasteiger partial charge in [0.2, 0.25) is 0 Å². The summed E-state index contributed by atoms with van der Waals surface area (Å²) < 4.78 is 0. The van der Waals surface area contributed by atoms with Crippen LogP contribution >= 0.6 is 0 Å². The number of hydrogen-bond acceptors (Lipinski definition) is 2. The highest BCUT2D eigenvalue weighted by Gasteiger charge is 1.98. The second-order valence-corrected chi connectivity index (χ2v) is 5.05. The van der Waals surface area contributed by atoms with Gasteiger partial charge in [-0.15, -0.1) is 0 Å². The van der Waals surface area contributed by atoms with E-state index in [9.17, 15) is 0 Å². The van der Waals surface area contributed by atoms with Crippen LogP contribution in [0.5, 0.6) is 0 Å². The lowest BCUT2D eigenvalue weighted by Gasteiger charge is -2.10. The molecule has 0 saturated carbocycles. The number of nitrogens with zero attached hydrogens (tertiary/aromatic N) is 2. The Kier molecular flexibility index (Phi) is 5.65. The fraction of sp³-hybridized carbons (Fsp3) is 0.500. The third-order valence-electron chi connectivity index (χ3n) is 2.39. The number of nitrogens with two attached hydrogens (primary N) is 1. The number of rotatable bonds is 5. The number of guanidine groups is 1. The molecule has 0 radical (unpaired) electrons. The van der Waals surface area contributed by atoms with Crippen molar-refractivity contribution in [3.05, 3.63) is 35.4 Å². The smallest absolute Gasteiger partial charge is 0.189 e. The van der Waals surface area contributed by atoms with Crippen molar-refractivity contribution in [3.63, 3.8) is 0 Å². The molecule has 0 spiro atoms. The molecule has 0 aliphatic heterocycles. The number of nitrogens with one attached hydrogen (secondary N) is 1. The second-order valence-electron chi connectivity index (χ2n) is 5.05. The van der Waals surface area contributed by atoms with E-state index in [0.717, 1.165) is 6.54 Å². The monoisotopic (exact) mass is 248 g/mol. The maximum atomic E-state index is 5.75. The molecule has 0 aromatic heterocycles. The molecule has 0 aliphatic carbocycles. The highest BCUT2D eigenvalue weighted by atomic mass is 15.1. The summed E-state index contributed by atoms with van der Waals surface area (Å²) in [6.45, 7) is 5.66. The van der Waals surface area contributed by atoms with E-state index in [1.807, 2.05) is 13.8 Å². The molecule has 1 rings (SSSR count). The van der Waals surface area contributed by atoms with E-state index < -0.39 is 0 Å². The Morgan fingerprint density at radius 1 is 1.22 bits per heavy atom. The van der Waals surface area contributed by atoms with Crippen LogP contribution in [0.3, 0.4) is 0 Å². The van der Waals surface area contributed by atoms with Crippen LogP contribution < -0.4 is 11.1 Å². The summed E-state index contributed by atoms with van der Waals surface area (Å²) in [7, 11) is 4.13. The van der Waals surface area contributed by atoms with Crippen LogP contribution in [-0.4, -0.2) is 31.0 Å². The Balaban J connectivity index is 2.53. The van der Waals surface area contributed by atoms with Crippen molar-refractivity contribution < 1.29 is 0 Å². The average Bonchev–Trinajstić information content (AvgIpc) is 2.26. The maximum Gasteiger partial charge on any atom is 0.189 e. The van der Waals surface area contributed by atoms with Crippen molar-refractivity contribution in [1.29, 1.82) is 0 Å². The predicted octanol–water partition coefficient (Wildman–Crippen LogP) is 1.56. The van der Waals surface area contributed by atoms with Gasteiger partial charge < -0.3 is 16.0 Å². The molecule has 0 unspecified atom stereocenters. The molecule has 100 valence electrons. The van der Waals surface area contributed by atoms with Crippen LogP contribution in [0.2, 0.25) is 0 Å². The van der Waals surface area contributed by atoms with Gasteiger partial charge in [0.1, 0.15) is 0 Å². The number of hydrogen-bond donors (Lipinski definition) is 2. The van der Waals surface area contributed by atoms with Crippen molar-refractivity contribution in [2.75, 3.05) is 14.1 Å². The largest absolute Gasteiger partial charge is 0.370 e. The van der Waals surface area contributed by atoms with Crippen molar-refractivity contribution in [3.8, 4) is 0 Å². The van der Waals surface area contributed by atoms with Crippen LogP contribution in [0.25, 0.3) is 0 Å². The minimum atomic E-state index is 0.316. The molecule has 1 aromatic carbocycles. The van der Waals surface area contributed by atoms with E-state index in [2.05, 4.69) is 53.6 Å². The summed E-state index contributed by atoms with van der Waals surface area (Å²) >= 11 is 0. The molecular weight excluding hydrogens is 224 g/mol. The Morgan fingerprint density at radius 2 is 1.78 bits per heavy atom. The van der Waals surface area contributed by atoms with Gasteiger partial charge in [-0.1, -0.05) is 24.3 Å². The standard InChI is InChI=1S/C14H24N4/c1-11(2)17-14(15)16-9-12-5-7-13(8-6-12)10-18(3)4/h5-8,11H,9-10H2,1-4H3,(H3,15,16,17). The Hall–Kier alpha value is -1.55. The second kappa shape index (κ2) is 7.01. The lowest BCUT2D eigenvalue weighted by atomic mass is 10.1. The van der Waals surface area contributed by atoms with E-state index in [0.29, 0.717) is 18.5 Å². The molecule has 0 amide bonds. The summed E-state index contributed by atoms with van der Waals surface area (Å²) in [6.07, 6.45) is 0. The third-order valence-corrected chi connectivity index (χ3v) is 2.39. The van der Waals surface area contributed by atoms with E-state index in [-0.39, 0.29) is 0 Å². The van der Waals surface area contributed by atoms with Crippen LogP contribution in [0.1, 0.15) is 25.0 Å². The molecule has 0 aliphatic rings. The van der Waals surface area contributed by atoms with E-state index in [1.54, 1.807) is 0 Å². The zero-order valence-electron chi connectivity index (χ0n) is 11.8. The maximum absolute atomic E-state index is 5.75. The highest BCUT2D eigenvalue weighted by Crippen LogP contribution is 2.07. The molecule has 0 saturated heterocycles. The van der Waals surface area contributed by atoms with Crippen molar-refractivity contribution >= 4 is 5.96 Å². The van der Waals surface area contributed by atoms with Crippen LogP contribution in [-0.2, 0) is 13.1 Å². The van der Waals surface area contributed by atoms with Gasteiger partial charge in [-0.3, -0.25) is 0 Å². The predicted molar refractivity (Wildman–Crippen MR) is 77.4 cm³/mol. The van der Waals surface area contributed by atoms with Crippen molar-refractivity contribution in [2.24, 2.45) is 10.7 Å². The van der Waals surface area contributed by atoms with Gasteiger partial charge in [0.15, 0.2) is 5.96 Å². The zero-order chi connectivity index (χ0) is 13.5. The first-order valence-corrected chi connectivity index (χ1v) is 6.26. The summed E-state index contributed by atoms with van der Waals surface area (Å²) in [5.74, 6) is 0.502. The average molecular weight is 248 g/mol. The number of aliphatic imine (C=N–C) groups is 1. The van der Waals surface area contributed by atoms with E-state index >= 15 is 0 Å². The molecule has 0 atom stereocenters. The fourth-order valence-electron chi connectivity index (χ4n) is 1.63. The first-order chi connectivity index (χ1) is 8.47. The number of benzene rings is 1. The molecular formula is C14H24N4.